The molecule has 1 aromatic carbocycles. The van der Waals surface area contributed by atoms with Crippen LogP contribution in [0.1, 0.15) is 18.9 Å². The van der Waals surface area contributed by atoms with E-state index in [1.54, 1.807) is 31.2 Å². The standard InChI is InChI=1S/C12H15ClN2O2/c1-2-12(17)15-11(14)7-10(16)8-3-5-9(13)6-4-8/h3-7,11,16H,2,14H2,1H3,(H,15,17)/b10-7-. The molecule has 1 rings (SSSR count). The fourth-order valence-electron chi connectivity index (χ4n) is 1.22. The van der Waals surface area contributed by atoms with Crippen molar-refractivity contribution in [1.82, 2.24) is 5.32 Å². The Bertz CT molecular complexity index is 415. The second-order valence-corrected chi connectivity index (χ2v) is 3.94. The summed E-state index contributed by atoms with van der Waals surface area (Å²) in [4.78, 5) is 11.1. The quantitative estimate of drug-likeness (QED) is 0.569. The van der Waals surface area contributed by atoms with Crippen LogP contribution in [0.15, 0.2) is 30.3 Å². The van der Waals surface area contributed by atoms with E-state index >= 15 is 0 Å². The monoisotopic (exact) mass is 254 g/mol. The minimum atomic E-state index is -0.710. The van der Waals surface area contributed by atoms with Gasteiger partial charge in [0.1, 0.15) is 5.76 Å². The van der Waals surface area contributed by atoms with Crippen LogP contribution in [-0.4, -0.2) is 17.2 Å². The van der Waals surface area contributed by atoms with Gasteiger partial charge in [0.05, 0.1) is 6.17 Å². The third-order valence-corrected chi connectivity index (χ3v) is 2.38. The van der Waals surface area contributed by atoms with Gasteiger partial charge in [-0.2, -0.15) is 0 Å². The summed E-state index contributed by atoms with van der Waals surface area (Å²) in [5.74, 6) is -0.164. The number of benzene rings is 1. The molecule has 1 unspecified atom stereocenters. The summed E-state index contributed by atoms with van der Waals surface area (Å²) in [5, 5.41) is 12.9. The van der Waals surface area contributed by atoms with Gasteiger partial charge in [-0.15, -0.1) is 0 Å². The van der Waals surface area contributed by atoms with Crippen molar-refractivity contribution in [2.24, 2.45) is 5.73 Å². The first-order valence-corrected chi connectivity index (χ1v) is 5.62. The van der Waals surface area contributed by atoms with Crippen LogP contribution in [0.25, 0.3) is 5.76 Å². The second-order valence-electron chi connectivity index (χ2n) is 3.51. The average Bonchev–Trinajstić information content (AvgIpc) is 2.29. The predicted octanol–water partition coefficient (Wildman–Crippen LogP) is 2.05. The molecule has 0 spiro atoms. The fourth-order valence-corrected chi connectivity index (χ4v) is 1.34. The zero-order chi connectivity index (χ0) is 12.8. The molecular formula is C12H15ClN2O2. The lowest BCUT2D eigenvalue weighted by molar-refractivity contribution is -0.121. The largest absolute Gasteiger partial charge is 0.508 e. The maximum Gasteiger partial charge on any atom is 0.221 e. The van der Waals surface area contributed by atoms with Gasteiger partial charge in [0.15, 0.2) is 0 Å². The normalized spacial score (nSPS) is 13.2. The number of hydrogen-bond acceptors (Lipinski definition) is 3. The molecule has 0 aliphatic rings. The topological polar surface area (TPSA) is 75.4 Å². The highest BCUT2D eigenvalue weighted by atomic mass is 35.5. The van der Waals surface area contributed by atoms with Crippen LogP contribution in [-0.2, 0) is 4.79 Å². The first-order chi connectivity index (χ1) is 8.02. The summed E-state index contributed by atoms with van der Waals surface area (Å²) in [6.07, 6.45) is 1.01. The van der Waals surface area contributed by atoms with Crippen LogP contribution in [0, 0.1) is 0 Å². The maximum atomic E-state index is 11.1. The molecule has 1 aromatic rings. The number of nitrogens with two attached hydrogens (primary N) is 1. The molecular weight excluding hydrogens is 240 g/mol. The van der Waals surface area contributed by atoms with E-state index in [2.05, 4.69) is 5.32 Å². The minimum Gasteiger partial charge on any atom is -0.508 e. The van der Waals surface area contributed by atoms with Crippen molar-refractivity contribution in [3.8, 4) is 0 Å². The van der Waals surface area contributed by atoms with Crippen LogP contribution in [0.4, 0.5) is 0 Å². The molecule has 17 heavy (non-hydrogen) atoms. The minimum absolute atomic E-state index is 0.00516. The number of aliphatic hydroxyl groups excluding tert-OH is 1. The first-order valence-electron chi connectivity index (χ1n) is 5.24. The van der Waals surface area contributed by atoms with Gasteiger partial charge in [0.2, 0.25) is 5.91 Å². The SMILES string of the molecule is CCC(=O)NC(N)/C=C(\O)c1ccc(Cl)cc1. The smallest absolute Gasteiger partial charge is 0.221 e. The molecule has 1 atom stereocenters. The number of nitrogens with one attached hydrogen (secondary N) is 1. The molecule has 1 amide bonds. The van der Waals surface area contributed by atoms with Crippen LogP contribution in [0.3, 0.4) is 0 Å². The molecule has 0 aliphatic carbocycles. The van der Waals surface area contributed by atoms with Crippen molar-refractivity contribution >= 4 is 23.3 Å². The molecule has 4 nitrogen and oxygen atoms in total. The number of amides is 1. The summed E-state index contributed by atoms with van der Waals surface area (Å²) in [6.45, 7) is 1.73. The van der Waals surface area contributed by atoms with Crippen LogP contribution in [0.2, 0.25) is 5.02 Å². The van der Waals surface area contributed by atoms with Crippen molar-refractivity contribution in [2.45, 2.75) is 19.5 Å². The average molecular weight is 255 g/mol. The van der Waals surface area contributed by atoms with Crippen molar-refractivity contribution in [3.05, 3.63) is 40.9 Å². The molecule has 0 radical (unpaired) electrons. The van der Waals surface area contributed by atoms with Crippen LogP contribution < -0.4 is 11.1 Å². The Morgan fingerprint density at radius 1 is 1.53 bits per heavy atom. The number of halogens is 1. The van der Waals surface area contributed by atoms with E-state index in [-0.39, 0.29) is 11.7 Å². The summed E-state index contributed by atoms with van der Waals surface area (Å²) in [6, 6.07) is 6.67. The summed E-state index contributed by atoms with van der Waals surface area (Å²) < 4.78 is 0. The van der Waals surface area contributed by atoms with Crippen molar-refractivity contribution in [2.75, 3.05) is 0 Å². The van der Waals surface area contributed by atoms with E-state index in [0.717, 1.165) is 0 Å². The van der Waals surface area contributed by atoms with E-state index in [9.17, 15) is 9.90 Å². The molecule has 0 saturated carbocycles. The van der Waals surface area contributed by atoms with E-state index in [1.807, 2.05) is 0 Å². The van der Waals surface area contributed by atoms with E-state index in [4.69, 9.17) is 17.3 Å². The highest BCUT2D eigenvalue weighted by molar-refractivity contribution is 6.30. The molecule has 0 bridgehead atoms. The van der Waals surface area contributed by atoms with Gasteiger partial charge < -0.3 is 16.2 Å². The molecule has 0 aliphatic heterocycles. The van der Waals surface area contributed by atoms with Gasteiger partial charge in [-0.3, -0.25) is 4.79 Å². The lowest BCUT2D eigenvalue weighted by Gasteiger charge is -2.09. The van der Waals surface area contributed by atoms with Crippen molar-refractivity contribution < 1.29 is 9.90 Å². The number of rotatable bonds is 4. The summed E-state index contributed by atoms with van der Waals surface area (Å²) in [5.41, 5.74) is 6.22. The Morgan fingerprint density at radius 2 is 2.12 bits per heavy atom. The molecule has 4 N–H and O–H groups in total. The fraction of sp³-hybridized carbons (Fsp3) is 0.250. The van der Waals surface area contributed by atoms with Gasteiger partial charge in [-0.05, 0) is 30.3 Å². The molecule has 0 fully saturated rings. The summed E-state index contributed by atoms with van der Waals surface area (Å²) in [7, 11) is 0. The van der Waals surface area contributed by atoms with Gasteiger partial charge in [-0.25, -0.2) is 0 Å². The highest BCUT2D eigenvalue weighted by Gasteiger charge is 2.05. The third kappa shape index (κ3) is 4.46. The predicted molar refractivity (Wildman–Crippen MR) is 68.5 cm³/mol. The van der Waals surface area contributed by atoms with E-state index in [1.165, 1.54) is 6.08 Å². The Balaban J connectivity index is 2.71. The lowest BCUT2D eigenvalue weighted by atomic mass is 10.1. The number of hydrogen-bond donors (Lipinski definition) is 3. The lowest BCUT2D eigenvalue weighted by Crippen LogP contribution is -2.39. The summed E-state index contributed by atoms with van der Waals surface area (Å²) >= 11 is 5.73. The van der Waals surface area contributed by atoms with Gasteiger partial charge in [0.25, 0.3) is 0 Å². The molecule has 5 heteroatoms. The maximum absolute atomic E-state index is 11.1. The van der Waals surface area contributed by atoms with Gasteiger partial charge in [0, 0.05) is 17.0 Å². The van der Waals surface area contributed by atoms with E-state index in [0.29, 0.717) is 17.0 Å². The Kier molecular flexibility index (Phi) is 5.00. The first kappa shape index (κ1) is 13.5. The Labute approximate surface area is 105 Å². The zero-order valence-corrected chi connectivity index (χ0v) is 10.2. The zero-order valence-electron chi connectivity index (χ0n) is 9.48. The van der Waals surface area contributed by atoms with E-state index < -0.39 is 6.17 Å². The van der Waals surface area contributed by atoms with Crippen LogP contribution >= 0.6 is 11.6 Å². The number of carbonyl (C=O) groups excluding carboxylic acids is 1. The van der Waals surface area contributed by atoms with Gasteiger partial charge >= 0.3 is 0 Å². The Hall–Kier alpha value is -1.52. The third-order valence-electron chi connectivity index (χ3n) is 2.13. The molecule has 0 heterocycles. The second kappa shape index (κ2) is 6.27. The van der Waals surface area contributed by atoms with Gasteiger partial charge in [-0.1, -0.05) is 18.5 Å². The molecule has 0 aromatic heterocycles. The van der Waals surface area contributed by atoms with Crippen molar-refractivity contribution in [1.29, 1.82) is 0 Å². The number of carbonyl (C=O) groups is 1. The van der Waals surface area contributed by atoms with Crippen LogP contribution in [0.5, 0.6) is 0 Å². The molecule has 92 valence electrons. The number of aliphatic hydroxyl groups is 1. The molecule has 0 saturated heterocycles. The van der Waals surface area contributed by atoms with Crippen molar-refractivity contribution in [3.63, 3.8) is 0 Å². The Morgan fingerprint density at radius 3 is 2.65 bits per heavy atom. The highest BCUT2D eigenvalue weighted by Crippen LogP contribution is 2.15.